The molecule has 0 radical (unpaired) electrons. The lowest BCUT2D eigenvalue weighted by Gasteiger charge is -2.20. The first-order valence-electron chi connectivity index (χ1n) is 6.70. The Morgan fingerprint density at radius 2 is 1.68 bits per heavy atom. The maximum absolute atomic E-state index is 12.0. The second kappa shape index (κ2) is 7.90. The molecular weight excluding hydrogens is 324 g/mol. The van der Waals surface area contributed by atoms with E-state index in [4.69, 9.17) is 0 Å². The lowest BCUT2D eigenvalue weighted by molar-refractivity contribution is 0.0899. The Hall–Kier alpha value is -1.94. The van der Waals surface area contributed by atoms with E-state index in [1.807, 2.05) is 0 Å². The molecule has 0 fully saturated rings. The maximum atomic E-state index is 12.0. The summed E-state index contributed by atoms with van der Waals surface area (Å²) >= 11 is 1.96. The van der Waals surface area contributed by atoms with Gasteiger partial charge in [-0.1, -0.05) is 13.8 Å². The second-order valence-electron chi connectivity index (χ2n) is 5.10. The Morgan fingerprint density at radius 1 is 1.09 bits per heavy atom. The molecule has 0 saturated heterocycles. The molecule has 10 heteroatoms. The summed E-state index contributed by atoms with van der Waals surface area (Å²) in [5.74, 6) is -0.215. The van der Waals surface area contributed by atoms with Crippen LogP contribution in [0.5, 0.6) is 0 Å². The molecule has 0 saturated carbocycles. The average molecular weight is 340 g/mol. The highest BCUT2D eigenvalue weighted by Crippen LogP contribution is 2.06. The van der Waals surface area contributed by atoms with Gasteiger partial charge in [0, 0.05) is 12.6 Å². The zero-order valence-corrected chi connectivity index (χ0v) is 13.8. The molecule has 0 aliphatic carbocycles. The Balaban J connectivity index is 1.91. The number of amides is 2. The highest BCUT2D eigenvalue weighted by atomic mass is 32.1. The summed E-state index contributed by atoms with van der Waals surface area (Å²) in [6.07, 6.45) is 3.57. The standard InChI is InChI=1S/C12H16N6O2S2/c1-7(2)3-8(16-12(20)10-6-15-22-18-10)4-13-11(19)9-5-14-21-17-9/h5-8H,3-4H2,1-2H3,(H,13,19)(H,16,20)/t8-/m0/s1. The normalized spacial score (nSPS) is 12.1. The van der Waals surface area contributed by atoms with Gasteiger partial charge in [-0.25, -0.2) is 0 Å². The van der Waals surface area contributed by atoms with Gasteiger partial charge < -0.3 is 10.6 Å². The lowest BCUT2D eigenvalue weighted by Crippen LogP contribution is -2.44. The largest absolute Gasteiger partial charge is 0.349 e. The fourth-order valence-electron chi connectivity index (χ4n) is 1.86. The molecule has 2 N–H and O–H groups in total. The van der Waals surface area contributed by atoms with E-state index in [2.05, 4.69) is 42.0 Å². The minimum absolute atomic E-state index is 0.190. The van der Waals surface area contributed by atoms with Gasteiger partial charge in [-0.3, -0.25) is 9.59 Å². The van der Waals surface area contributed by atoms with Gasteiger partial charge in [0.25, 0.3) is 11.8 Å². The summed E-state index contributed by atoms with van der Waals surface area (Å²) < 4.78 is 15.4. The van der Waals surface area contributed by atoms with Gasteiger partial charge in [-0.05, 0) is 12.3 Å². The van der Waals surface area contributed by atoms with Crippen molar-refractivity contribution in [2.45, 2.75) is 26.3 Å². The van der Waals surface area contributed by atoms with Crippen molar-refractivity contribution in [2.24, 2.45) is 5.92 Å². The molecule has 0 aliphatic heterocycles. The van der Waals surface area contributed by atoms with Crippen molar-refractivity contribution in [1.29, 1.82) is 0 Å². The van der Waals surface area contributed by atoms with Gasteiger partial charge in [0.1, 0.15) is 0 Å². The van der Waals surface area contributed by atoms with Crippen LogP contribution in [0.25, 0.3) is 0 Å². The van der Waals surface area contributed by atoms with E-state index in [1.165, 1.54) is 12.4 Å². The second-order valence-corrected chi connectivity index (χ2v) is 6.21. The van der Waals surface area contributed by atoms with Gasteiger partial charge in [-0.2, -0.15) is 17.5 Å². The first kappa shape index (κ1) is 16.4. The van der Waals surface area contributed by atoms with Crippen LogP contribution in [-0.4, -0.2) is 41.9 Å². The molecule has 22 heavy (non-hydrogen) atoms. The summed E-state index contributed by atoms with van der Waals surface area (Å²) in [7, 11) is 0. The van der Waals surface area contributed by atoms with E-state index in [1.54, 1.807) is 0 Å². The third-order valence-electron chi connectivity index (χ3n) is 2.79. The number of nitrogens with one attached hydrogen (secondary N) is 2. The molecule has 2 amide bonds. The molecule has 0 spiro atoms. The summed E-state index contributed by atoms with van der Waals surface area (Å²) in [5.41, 5.74) is 0.567. The monoisotopic (exact) mass is 340 g/mol. The molecule has 1 atom stereocenters. The van der Waals surface area contributed by atoms with Crippen LogP contribution >= 0.6 is 23.5 Å². The van der Waals surface area contributed by atoms with Crippen LogP contribution in [0.2, 0.25) is 0 Å². The minimum atomic E-state index is -0.299. The van der Waals surface area contributed by atoms with E-state index in [9.17, 15) is 9.59 Å². The molecule has 2 aromatic rings. The highest BCUT2D eigenvalue weighted by molar-refractivity contribution is 6.99. The van der Waals surface area contributed by atoms with Crippen LogP contribution in [0.1, 0.15) is 41.2 Å². The molecule has 2 rings (SSSR count). The summed E-state index contributed by atoms with van der Waals surface area (Å²) in [4.78, 5) is 23.9. The highest BCUT2D eigenvalue weighted by Gasteiger charge is 2.18. The molecule has 8 nitrogen and oxygen atoms in total. The van der Waals surface area contributed by atoms with Crippen molar-refractivity contribution >= 4 is 35.3 Å². The van der Waals surface area contributed by atoms with Gasteiger partial charge in [0.15, 0.2) is 11.4 Å². The van der Waals surface area contributed by atoms with Crippen LogP contribution in [0, 0.1) is 5.92 Å². The van der Waals surface area contributed by atoms with Gasteiger partial charge in [0.05, 0.1) is 35.9 Å². The fraction of sp³-hybridized carbons (Fsp3) is 0.500. The van der Waals surface area contributed by atoms with Crippen LogP contribution in [0.15, 0.2) is 12.4 Å². The Labute approximate surface area is 136 Å². The topological polar surface area (TPSA) is 110 Å². The minimum Gasteiger partial charge on any atom is -0.349 e. The fourth-order valence-corrected chi connectivity index (χ4v) is 2.68. The Bertz CT molecular complexity index is 599. The zero-order valence-electron chi connectivity index (χ0n) is 12.1. The zero-order chi connectivity index (χ0) is 15.9. The Morgan fingerprint density at radius 3 is 2.18 bits per heavy atom. The molecule has 2 aromatic heterocycles. The summed E-state index contributed by atoms with van der Waals surface area (Å²) in [6, 6.07) is -0.190. The van der Waals surface area contributed by atoms with Crippen molar-refractivity contribution in [2.75, 3.05) is 6.54 Å². The first-order valence-corrected chi connectivity index (χ1v) is 8.16. The van der Waals surface area contributed by atoms with Gasteiger partial charge in [-0.15, -0.1) is 0 Å². The number of rotatable bonds is 7. The SMILES string of the molecule is CC(C)C[C@@H](CNC(=O)c1cnsn1)NC(=O)c1cnsn1. The van der Waals surface area contributed by atoms with Crippen LogP contribution in [-0.2, 0) is 0 Å². The van der Waals surface area contributed by atoms with Crippen molar-refractivity contribution in [3.05, 3.63) is 23.8 Å². The van der Waals surface area contributed by atoms with Crippen LogP contribution in [0.3, 0.4) is 0 Å². The number of aromatic nitrogens is 4. The molecule has 0 unspecified atom stereocenters. The number of nitrogens with zero attached hydrogens (tertiary/aromatic N) is 4. The summed E-state index contributed by atoms with van der Waals surface area (Å²) in [6.45, 7) is 4.42. The average Bonchev–Trinajstić information content (AvgIpc) is 3.15. The molecule has 0 bridgehead atoms. The van der Waals surface area contributed by atoms with E-state index < -0.39 is 0 Å². The number of hydrogen-bond donors (Lipinski definition) is 2. The van der Waals surface area contributed by atoms with E-state index >= 15 is 0 Å². The molecule has 118 valence electrons. The van der Waals surface area contributed by atoms with Crippen molar-refractivity contribution in [1.82, 2.24) is 28.1 Å². The molecule has 2 heterocycles. The number of carbonyl (C=O) groups excluding carboxylic acids is 2. The predicted molar refractivity (Wildman–Crippen MR) is 82.9 cm³/mol. The first-order chi connectivity index (χ1) is 10.6. The lowest BCUT2D eigenvalue weighted by atomic mass is 10.0. The molecule has 0 aliphatic rings. The van der Waals surface area contributed by atoms with Crippen molar-refractivity contribution < 1.29 is 9.59 Å². The van der Waals surface area contributed by atoms with Gasteiger partial charge >= 0.3 is 0 Å². The Kier molecular flexibility index (Phi) is 5.90. The van der Waals surface area contributed by atoms with Crippen LogP contribution in [0.4, 0.5) is 0 Å². The van der Waals surface area contributed by atoms with Gasteiger partial charge in [0.2, 0.25) is 0 Å². The molecular formula is C12H16N6O2S2. The van der Waals surface area contributed by atoms with Crippen molar-refractivity contribution in [3.8, 4) is 0 Å². The van der Waals surface area contributed by atoms with Crippen LogP contribution < -0.4 is 10.6 Å². The maximum Gasteiger partial charge on any atom is 0.272 e. The predicted octanol–water partition coefficient (Wildman–Crippen LogP) is 0.964. The van der Waals surface area contributed by atoms with E-state index in [0.717, 1.165) is 29.9 Å². The quantitative estimate of drug-likeness (QED) is 0.777. The van der Waals surface area contributed by atoms with E-state index in [-0.39, 0.29) is 29.2 Å². The van der Waals surface area contributed by atoms with Crippen molar-refractivity contribution in [3.63, 3.8) is 0 Å². The molecule has 0 aromatic carbocycles. The smallest absolute Gasteiger partial charge is 0.272 e. The number of carbonyl (C=O) groups is 2. The summed E-state index contributed by atoms with van der Waals surface area (Å²) in [5, 5.41) is 5.63. The third-order valence-corrected chi connectivity index (χ3v) is 3.74. The van der Waals surface area contributed by atoms with E-state index in [0.29, 0.717) is 12.5 Å². The third kappa shape index (κ3) is 4.81. The number of hydrogen-bond acceptors (Lipinski definition) is 8.